The van der Waals surface area contributed by atoms with Crippen molar-refractivity contribution < 1.29 is 28.2 Å². The largest absolute Gasteiger partial charge is 0.346 e. The third kappa shape index (κ3) is 11.4. The highest BCUT2D eigenvalue weighted by Gasteiger charge is 2.48. The molecule has 2 unspecified atom stereocenters. The molecule has 0 aromatic carbocycles. The van der Waals surface area contributed by atoms with Gasteiger partial charge in [0.2, 0.25) is 17.6 Å². The molecule has 2 aliphatic heterocycles. The van der Waals surface area contributed by atoms with Crippen LogP contribution in [0.3, 0.4) is 0 Å². The van der Waals surface area contributed by atoms with Gasteiger partial charge in [0.1, 0.15) is 28.8 Å². The smallest absolute Gasteiger partial charge is 0.315 e. The molecule has 0 spiro atoms. The van der Waals surface area contributed by atoms with Crippen molar-refractivity contribution in [3.63, 3.8) is 0 Å². The number of ketones is 1. The van der Waals surface area contributed by atoms with Crippen LogP contribution in [0.15, 0.2) is 12.7 Å². The van der Waals surface area contributed by atoms with Gasteiger partial charge in [-0.05, 0) is 61.7 Å². The Morgan fingerprint density at radius 3 is 2.22 bits per heavy atom. The van der Waals surface area contributed by atoms with Gasteiger partial charge in [0.25, 0.3) is 5.91 Å². The molecule has 1 saturated carbocycles. The summed E-state index contributed by atoms with van der Waals surface area (Å²) in [6.45, 7) is 16.8. The fourth-order valence-electron chi connectivity index (χ4n) is 7.53. The Kier molecular flexibility index (Phi) is 15.7. The number of carbonyl (C=O) groups is 5. The van der Waals surface area contributed by atoms with E-state index in [4.69, 9.17) is 0 Å². The van der Waals surface area contributed by atoms with Crippen molar-refractivity contribution in [3.05, 3.63) is 12.7 Å². The number of thiol groups is 1. The number of amides is 5. The van der Waals surface area contributed by atoms with Crippen molar-refractivity contribution in [2.45, 2.75) is 130 Å². The lowest BCUT2D eigenvalue weighted by Gasteiger charge is -2.38. The lowest BCUT2D eigenvalue weighted by atomic mass is 9.83. The van der Waals surface area contributed by atoms with Crippen molar-refractivity contribution in [1.29, 1.82) is 0 Å². The van der Waals surface area contributed by atoms with E-state index in [1.165, 1.54) is 12.5 Å². The van der Waals surface area contributed by atoms with Gasteiger partial charge in [0.15, 0.2) is 0 Å². The first-order valence-corrected chi connectivity index (χ1v) is 19.9. The summed E-state index contributed by atoms with van der Waals surface area (Å²) in [5.74, 6) is -1.53. The van der Waals surface area contributed by atoms with Gasteiger partial charge < -0.3 is 26.2 Å². The normalized spacial score (nSPS) is 24.1. The molecule has 4 N–H and O–H groups in total. The molecular weight excluding hydrogens is 644 g/mol. The molecule has 0 aromatic rings. The lowest BCUT2D eigenvalue weighted by Crippen LogP contribution is -2.62. The summed E-state index contributed by atoms with van der Waals surface area (Å²) in [7, 11) is -1.46. The molecule has 3 aliphatic rings. The van der Waals surface area contributed by atoms with E-state index in [9.17, 15) is 28.2 Å². The van der Waals surface area contributed by atoms with Crippen molar-refractivity contribution in [3.8, 4) is 0 Å². The minimum Gasteiger partial charge on any atom is -0.346 e. The predicted molar refractivity (Wildman–Crippen MR) is 194 cm³/mol. The average molecular weight is 708 g/mol. The third-order valence-corrected chi connectivity index (χ3v) is 12.0. The van der Waals surface area contributed by atoms with E-state index < -0.39 is 58.2 Å². The number of likely N-dealkylation sites (tertiary alicyclic amines) is 1. The number of hydrogen-bond donors (Lipinski definition) is 4. The number of nitrogens with one attached hydrogen (secondary N) is 4. The van der Waals surface area contributed by atoms with Crippen LogP contribution in [0.1, 0.15) is 106 Å². The molecule has 12 nitrogen and oxygen atoms in total. The Balaban J connectivity index is 1.81. The molecule has 1 aliphatic carbocycles. The highest BCUT2D eigenvalue weighted by Crippen LogP contribution is 2.34. The number of nitrogens with zero attached hydrogens (tertiary/aromatic N) is 2. The van der Waals surface area contributed by atoms with Crippen molar-refractivity contribution in [2.75, 3.05) is 31.9 Å². The molecule has 6 atom stereocenters. The summed E-state index contributed by atoms with van der Waals surface area (Å²) in [5.41, 5.74) is -0.689. The standard InChI is InChI=1S/C36H62N6O6S/c1-8-15-27(30(43)33(45)37-19-9-2)38-32(44)29-26(24(3)4)18-21-42(29)34(46)31(36(5,6)7)40-35(47)39-28(25-16-11-10-12-17-25)23-41-20-13-14-22-49(41)48/h9,24-29,31H,2,8,10-23H2,1,3-7H3,(H,37,45)(H,38,44)(H2,39,40,47)/p+1/t26-,27?,28-,29+,31-,49?/m1/s1. The van der Waals surface area contributed by atoms with Gasteiger partial charge in [-0.15, -0.1) is 10.9 Å². The van der Waals surface area contributed by atoms with Gasteiger partial charge in [-0.1, -0.05) is 77.5 Å². The molecular formula is C36H63N6O6S+. The highest BCUT2D eigenvalue weighted by atomic mass is 32.2. The van der Waals surface area contributed by atoms with Gasteiger partial charge in [0.05, 0.1) is 18.6 Å². The summed E-state index contributed by atoms with van der Waals surface area (Å²) in [6, 6.07) is -3.47. The molecule has 49 heavy (non-hydrogen) atoms. The van der Waals surface area contributed by atoms with Crippen LogP contribution in [0.4, 0.5) is 4.79 Å². The monoisotopic (exact) mass is 707 g/mol. The van der Waals surface area contributed by atoms with Crippen LogP contribution in [-0.2, 0) is 34.4 Å². The van der Waals surface area contributed by atoms with Crippen LogP contribution >= 0.6 is 0 Å². The van der Waals surface area contributed by atoms with Gasteiger partial charge in [-0.3, -0.25) is 19.2 Å². The summed E-state index contributed by atoms with van der Waals surface area (Å²) in [4.78, 5) is 69.3. The first-order chi connectivity index (χ1) is 23.2. The maximum absolute atomic E-state index is 14.4. The number of urea groups is 1. The van der Waals surface area contributed by atoms with Gasteiger partial charge in [-0.25, -0.2) is 4.79 Å². The van der Waals surface area contributed by atoms with Crippen LogP contribution in [0.25, 0.3) is 0 Å². The Morgan fingerprint density at radius 2 is 1.63 bits per heavy atom. The third-order valence-electron chi connectivity index (χ3n) is 10.4. The van der Waals surface area contributed by atoms with E-state index in [-0.39, 0.29) is 42.7 Å². The minimum absolute atomic E-state index is 0.0617. The van der Waals surface area contributed by atoms with Crippen LogP contribution in [0.5, 0.6) is 0 Å². The van der Waals surface area contributed by atoms with Gasteiger partial charge in [-0.2, -0.15) is 0 Å². The number of rotatable bonds is 15. The number of hydrogen-bond acceptors (Lipinski definition) is 6. The Morgan fingerprint density at radius 1 is 0.939 bits per heavy atom. The summed E-state index contributed by atoms with van der Waals surface area (Å²) < 4.78 is 14.9. The van der Waals surface area contributed by atoms with Crippen LogP contribution in [-0.4, -0.2) is 94.8 Å². The van der Waals surface area contributed by atoms with Crippen LogP contribution in [0, 0.1) is 23.2 Å². The maximum Gasteiger partial charge on any atom is 0.315 e. The van der Waals surface area contributed by atoms with Crippen molar-refractivity contribution in [1.82, 2.24) is 30.5 Å². The Labute approximate surface area is 296 Å². The van der Waals surface area contributed by atoms with E-state index in [1.807, 2.05) is 45.8 Å². The van der Waals surface area contributed by atoms with Gasteiger partial charge in [0, 0.05) is 19.6 Å². The molecule has 278 valence electrons. The van der Waals surface area contributed by atoms with Crippen molar-refractivity contribution >= 4 is 40.5 Å². The molecule has 13 heteroatoms. The fraction of sp³-hybridized carbons (Fsp3) is 0.806. The van der Waals surface area contributed by atoms with Crippen LogP contribution in [0.2, 0.25) is 0 Å². The van der Waals surface area contributed by atoms with E-state index in [0.29, 0.717) is 31.7 Å². The SMILES string of the molecule is C=CCNC(=O)C(=O)C(CCC)NC(=O)[C@@H]1[C@@H](C(C)C)CCN1C(=O)[C@@H](NC(=O)N[C@H](CN1CCCC[SH+]1=O)C1CCCCC1)C(C)(C)C. The lowest BCUT2D eigenvalue weighted by molar-refractivity contribution is -0.144. The van der Waals surface area contributed by atoms with E-state index in [0.717, 1.165) is 45.1 Å². The molecule has 2 saturated heterocycles. The first kappa shape index (κ1) is 40.6. The average Bonchev–Trinajstić information content (AvgIpc) is 3.52. The summed E-state index contributed by atoms with van der Waals surface area (Å²) in [6.07, 6.45) is 10.2. The molecule has 3 fully saturated rings. The maximum atomic E-state index is 14.4. The second-order valence-electron chi connectivity index (χ2n) is 15.5. The molecule has 5 amide bonds. The second kappa shape index (κ2) is 19.0. The molecule has 0 aromatic heterocycles. The predicted octanol–water partition coefficient (Wildman–Crippen LogP) is 3.39. The first-order valence-electron chi connectivity index (χ1n) is 18.5. The number of carbonyl (C=O) groups excluding carboxylic acids is 5. The Bertz CT molecular complexity index is 1200. The molecule has 0 bridgehead atoms. The topological polar surface area (TPSA) is 157 Å². The summed E-state index contributed by atoms with van der Waals surface area (Å²) >= 11 is 0. The second-order valence-corrected chi connectivity index (χ2v) is 17.2. The zero-order chi connectivity index (χ0) is 36.3. The Hall–Kier alpha value is -2.80. The van der Waals surface area contributed by atoms with Crippen molar-refractivity contribution in [2.24, 2.45) is 23.2 Å². The summed E-state index contributed by atoms with van der Waals surface area (Å²) in [5, 5.41) is 11.5. The quantitative estimate of drug-likeness (QED) is 0.0885. The number of Topliss-reactive ketones (excluding diaryl/α,β-unsaturated/α-hetero) is 1. The van der Waals surface area contributed by atoms with E-state index in [1.54, 1.807) is 4.90 Å². The van der Waals surface area contributed by atoms with E-state index >= 15 is 0 Å². The van der Waals surface area contributed by atoms with Crippen LogP contribution < -0.4 is 21.3 Å². The minimum atomic E-state index is -1.46. The molecule has 3 rings (SSSR count). The zero-order valence-corrected chi connectivity index (χ0v) is 31.6. The fourth-order valence-corrected chi connectivity index (χ4v) is 9.03. The molecule has 2 heterocycles. The van der Waals surface area contributed by atoms with E-state index in [2.05, 4.69) is 27.8 Å². The molecule has 0 radical (unpaired) electrons. The zero-order valence-electron chi connectivity index (χ0n) is 30.7. The van der Waals surface area contributed by atoms with Gasteiger partial charge >= 0.3 is 6.03 Å². The highest BCUT2D eigenvalue weighted by molar-refractivity contribution is 7.82.